The van der Waals surface area contributed by atoms with Crippen molar-refractivity contribution >= 4 is 33.6 Å². The molecule has 0 fully saturated rings. The number of rotatable bonds is 10. The lowest BCUT2D eigenvalue weighted by atomic mass is 9.78. The Balaban J connectivity index is 1.04. The molecule has 9 aromatic rings. The van der Waals surface area contributed by atoms with Crippen LogP contribution >= 0.6 is 0 Å². The van der Waals surface area contributed by atoms with Gasteiger partial charge in [-0.3, -0.25) is 9.59 Å². The van der Waals surface area contributed by atoms with Gasteiger partial charge in [-0.15, -0.1) is 0 Å². The molecule has 0 saturated heterocycles. The maximum absolute atomic E-state index is 14.8. The van der Waals surface area contributed by atoms with Crippen molar-refractivity contribution in [2.24, 2.45) is 0 Å². The summed E-state index contributed by atoms with van der Waals surface area (Å²) in [5, 5.41) is 25.8. The molecule has 0 N–H and O–H groups in total. The second kappa shape index (κ2) is 17.4. The molecule has 2 amide bonds. The van der Waals surface area contributed by atoms with Crippen LogP contribution in [0.4, 0.5) is 0 Å². The highest BCUT2D eigenvalue weighted by molar-refractivity contribution is 5.97. The third-order valence-corrected chi connectivity index (χ3v) is 14.2. The maximum atomic E-state index is 14.8. The molecule has 0 aliphatic carbocycles. The number of amides is 2. The monoisotopic (exact) mass is 884 g/mol. The Morgan fingerprint density at radius 3 is 1.13 bits per heavy atom. The second-order valence-corrected chi connectivity index (χ2v) is 18.1. The molecule has 8 heteroatoms. The predicted octanol–water partition coefficient (Wildman–Crippen LogP) is 11.0. The van der Waals surface area contributed by atoms with Crippen LogP contribution in [0, 0.1) is 22.7 Å². The summed E-state index contributed by atoms with van der Waals surface area (Å²) in [4.78, 5) is 33.2. The summed E-state index contributed by atoms with van der Waals surface area (Å²) in [5.41, 5.74) is 8.15. The van der Waals surface area contributed by atoms with Crippen LogP contribution in [0.15, 0.2) is 194 Å². The fourth-order valence-electron chi connectivity index (χ4n) is 11.2. The molecule has 7 aromatic carbocycles. The summed E-state index contributed by atoms with van der Waals surface area (Å²) in [6, 6.07) is 69.4. The van der Waals surface area contributed by atoms with Crippen LogP contribution in [-0.2, 0) is 49.9 Å². The van der Waals surface area contributed by atoms with Gasteiger partial charge in [0.15, 0.2) is 11.1 Å². The largest absolute Gasteiger partial charge is 0.337 e. The first-order valence-electron chi connectivity index (χ1n) is 23.4. The average molecular weight is 885 g/mol. The second-order valence-electron chi connectivity index (χ2n) is 18.1. The van der Waals surface area contributed by atoms with Crippen molar-refractivity contribution in [3.63, 3.8) is 0 Å². The van der Waals surface area contributed by atoms with Crippen LogP contribution in [-0.4, -0.2) is 43.8 Å². The van der Waals surface area contributed by atoms with E-state index < -0.39 is 11.1 Å². The summed E-state index contributed by atoms with van der Waals surface area (Å²) < 4.78 is 4.51. The Morgan fingerprint density at radius 1 is 0.426 bits per heavy atom. The molecule has 0 bridgehead atoms. The summed E-state index contributed by atoms with van der Waals surface area (Å²) in [5.74, 6) is -0.381. The fourth-order valence-corrected chi connectivity index (χ4v) is 11.2. The fraction of sp³-hybridized carbons (Fsp3) is 0.167. The zero-order valence-corrected chi connectivity index (χ0v) is 37.6. The quantitative estimate of drug-likeness (QED) is 0.137. The summed E-state index contributed by atoms with van der Waals surface area (Å²) in [7, 11) is 0. The van der Waals surface area contributed by atoms with Crippen molar-refractivity contribution < 1.29 is 9.59 Å². The van der Waals surface area contributed by atoms with Crippen LogP contribution < -0.4 is 0 Å². The standard InChI is InChI=1S/C60H48N6O2/c61-41-59(55-51(33-35-65(59)57(67)47-21-9-3-10-22-47)49-25-13-15-27-53(49)63(55)39-45-17-5-1-6-18-45)37-43-29-31-44(32-30-43)38-60(42-62)56-52(34-36-66(60)58(68)48-23-11-4-12-24-48)50-26-14-16-28-54(50)64(56)40-46-19-7-2-8-20-46/h1-32H,33-40H2. The lowest BCUT2D eigenvalue weighted by Crippen LogP contribution is -2.55. The summed E-state index contributed by atoms with van der Waals surface area (Å²) in [6.45, 7) is 1.82. The summed E-state index contributed by atoms with van der Waals surface area (Å²) >= 11 is 0. The van der Waals surface area contributed by atoms with Crippen molar-refractivity contribution in [3.8, 4) is 12.1 Å². The normalized spacial score (nSPS) is 17.6. The molecule has 2 aromatic heterocycles. The molecule has 0 radical (unpaired) electrons. The van der Waals surface area contributed by atoms with Crippen LogP contribution in [0.1, 0.15) is 65.5 Å². The van der Waals surface area contributed by atoms with Gasteiger partial charge >= 0.3 is 0 Å². The Labute approximate surface area is 396 Å². The van der Waals surface area contributed by atoms with E-state index in [1.54, 1.807) is 9.80 Å². The van der Waals surface area contributed by atoms with E-state index in [-0.39, 0.29) is 24.7 Å². The SMILES string of the molecule is N#CC1(Cc2ccc(CC3(C#N)c4c(c5ccccc5n4Cc4ccccc4)CCN3C(=O)c3ccccc3)cc2)c2c(c3ccccc3n2Cc2ccccc2)CCN1C(=O)c1ccccc1. The third kappa shape index (κ3) is 7.05. The van der Waals surface area contributed by atoms with E-state index in [2.05, 4.69) is 69.8 Å². The van der Waals surface area contributed by atoms with Gasteiger partial charge in [-0.1, -0.05) is 158 Å². The first-order chi connectivity index (χ1) is 33.4. The van der Waals surface area contributed by atoms with E-state index >= 15 is 0 Å². The molecular weight excluding hydrogens is 837 g/mol. The summed E-state index contributed by atoms with van der Waals surface area (Å²) in [6.07, 6.45) is 1.68. The number of fused-ring (bicyclic) bond motifs is 6. The molecule has 2 atom stereocenters. The van der Waals surface area contributed by atoms with Gasteiger partial charge in [0, 0.05) is 72.0 Å². The van der Waals surface area contributed by atoms with Crippen molar-refractivity contribution in [2.75, 3.05) is 13.1 Å². The molecule has 68 heavy (non-hydrogen) atoms. The number of hydrogen-bond donors (Lipinski definition) is 0. The lowest BCUT2D eigenvalue weighted by Gasteiger charge is -2.44. The first kappa shape index (κ1) is 42.2. The lowest BCUT2D eigenvalue weighted by molar-refractivity contribution is 0.0527. The minimum Gasteiger partial charge on any atom is -0.337 e. The number of nitrogens with zero attached hydrogens (tertiary/aromatic N) is 6. The van der Waals surface area contributed by atoms with Crippen molar-refractivity contribution in [2.45, 2.75) is 49.9 Å². The topological polar surface area (TPSA) is 98.1 Å². The van der Waals surface area contributed by atoms with E-state index in [1.165, 1.54) is 0 Å². The minimum atomic E-state index is -1.38. The van der Waals surface area contributed by atoms with Gasteiger partial charge in [0.1, 0.15) is 0 Å². The number of hydrogen-bond acceptors (Lipinski definition) is 4. The number of carbonyl (C=O) groups excluding carboxylic acids is 2. The number of para-hydroxylation sites is 2. The Kier molecular flexibility index (Phi) is 10.8. The van der Waals surface area contributed by atoms with Crippen LogP contribution in [0.5, 0.6) is 0 Å². The Bertz CT molecular complexity index is 3190. The molecule has 0 spiro atoms. The Morgan fingerprint density at radius 2 is 0.765 bits per heavy atom. The van der Waals surface area contributed by atoms with E-state index in [4.69, 9.17) is 0 Å². The van der Waals surface area contributed by atoms with E-state index in [0.717, 1.165) is 66.6 Å². The molecular formula is C60H48N6O2. The number of carbonyl (C=O) groups is 2. The van der Waals surface area contributed by atoms with Gasteiger partial charge < -0.3 is 18.9 Å². The predicted molar refractivity (Wildman–Crippen MR) is 266 cm³/mol. The molecule has 11 rings (SSSR count). The molecule has 4 heterocycles. The van der Waals surface area contributed by atoms with Gasteiger partial charge in [-0.25, -0.2) is 0 Å². The van der Waals surface area contributed by atoms with E-state index in [9.17, 15) is 20.1 Å². The molecule has 2 unspecified atom stereocenters. The van der Waals surface area contributed by atoms with Gasteiger partial charge in [0.2, 0.25) is 0 Å². The van der Waals surface area contributed by atoms with Crippen LogP contribution in [0.25, 0.3) is 21.8 Å². The minimum absolute atomic E-state index is 0.191. The van der Waals surface area contributed by atoms with Crippen molar-refractivity contribution in [1.29, 1.82) is 10.5 Å². The average Bonchev–Trinajstić information content (AvgIpc) is 3.90. The number of aromatic nitrogens is 2. The molecule has 8 nitrogen and oxygen atoms in total. The molecule has 0 saturated carbocycles. The molecule has 2 aliphatic heterocycles. The van der Waals surface area contributed by atoms with Crippen molar-refractivity contribution in [3.05, 3.63) is 250 Å². The maximum Gasteiger partial charge on any atom is 0.255 e. The molecule has 330 valence electrons. The van der Waals surface area contributed by atoms with Crippen LogP contribution in [0.2, 0.25) is 0 Å². The van der Waals surface area contributed by atoms with E-state index in [0.29, 0.717) is 50.1 Å². The van der Waals surface area contributed by atoms with E-state index in [1.807, 2.05) is 146 Å². The van der Waals surface area contributed by atoms with Gasteiger partial charge in [-0.2, -0.15) is 10.5 Å². The number of nitriles is 2. The zero-order chi connectivity index (χ0) is 46.2. The smallest absolute Gasteiger partial charge is 0.255 e. The van der Waals surface area contributed by atoms with Gasteiger partial charge in [-0.05, 0) is 82.6 Å². The highest BCUT2D eigenvalue weighted by Gasteiger charge is 2.51. The van der Waals surface area contributed by atoms with Crippen molar-refractivity contribution in [1.82, 2.24) is 18.9 Å². The highest BCUT2D eigenvalue weighted by Crippen LogP contribution is 2.46. The van der Waals surface area contributed by atoms with Crippen LogP contribution in [0.3, 0.4) is 0 Å². The van der Waals surface area contributed by atoms with Gasteiger partial charge in [0.25, 0.3) is 11.8 Å². The van der Waals surface area contributed by atoms with Gasteiger partial charge in [0.05, 0.1) is 23.5 Å². The first-order valence-corrected chi connectivity index (χ1v) is 23.4. The third-order valence-electron chi connectivity index (χ3n) is 14.2. The molecule has 2 aliphatic rings. The highest BCUT2D eigenvalue weighted by atomic mass is 16.2. The number of benzene rings is 7. The zero-order valence-electron chi connectivity index (χ0n) is 37.6. The Hall–Kier alpha value is -8.46.